The summed E-state index contributed by atoms with van der Waals surface area (Å²) in [5.74, 6) is -0.102. The van der Waals surface area contributed by atoms with Gasteiger partial charge < -0.3 is 5.32 Å². The number of fused-ring (bicyclic) bond motifs is 1. The molecule has 8 heteroatoms. The van der Waals surface area contributed by atoms with Gasteiger partial charge in [-0.1, -0.05) is 29.4 Å². The molecule has 27 heavy (non-hydrogen) atoms. The first-order valence-electron chi connectivity index (χ1n) is 8.15. The maximum Gasteiger partial charge on any atom is 0.263 e. The minimum atomic E-state index is -0.204. The van der Waals surface area contributed by atoms with Crippen molar-refractivity contribution >= 4 is 46.0 Å². The quantitative estimate of drug-likeness (QED) is 0.388. The lowest BCUT2D eigenvalue weighted by Gasteiger charge is -2.12. The molecule has 0 aliphatic carbocycles. The molecule has 138 valence electrons. The minimum absolute atomic E-state index is 0.101. The van der Waals surface area contributed by atoms with Gasteiger partial charge in [-0.05, 0) is 42.8 Å². The number of carbonyl (C=O) groups excluding carboxylic acids is 1. The molecule has 1 N–H and O–H groups in total. The first-order chi connectivity index (χ1) is 13.0. The van der Waals surface area contributed by atoms with Crippen molar-refractivity contribution in [2.75, 3.05) is 11.1 Å². The zero-order valence-corrected chi connectivity index (χ0v) is 16.2. The predicted octanol–water partition coefficient (Wildman–Crippen LogP) is 3.67. The molecule has 0 saturated heterocycles. The summed E-state index contributed by atoms with van der Waals surface area (Å²) in [6.07, 6.45) is 3.20. The predicted molar refractivity (Wildman–Crippen MR) is 110 cm³/mol. The van der Waals surface area contributed by atoms with Crippen LogP contribution in [0.25, 0.3) is 11.0 Å². The summed E-state index contributed by atoms with van der Waals surface area (Å²) in [5, 5.41) is 4.31. The Morgan fingerprint density at radius 1 is 1.41 bits per heavy atom. The van der Waals surface area contributed by atoms with Crippen molar-refractivity contribution in [3.05, 3.63) is 70.1 Å². The first kappa shape index (κ1) is 19.1. The summed E-state index contributed by atoms with van der Waals surface area (Å²) in [6, 6.07) is 8.63. The number of thioether (sulfide) groups is 1. The molecular weight excluding hydrogens is 384 g/mol. The normalized spacial score (nSPS) is 10.7. The Kier molecular flexibility index (Phi) is 5.93. The first-order valence-corrected chi connectivity index (χ1v) is 9.51. The number of amides is 1. The van der Waals surface area contributed by atoms with Crippen LogP contribution in [0.4, 0.5) is 5.69 Å². The molecule has 0 saturated carbocycles. The molecule has 0 aliphatic rings. The van der Waals surface area contributed by atoms with Crippen LogP contribution in [0.5, 0.6) is 0 Å². The van der Waals surface area contributed by atoms with Gasteiger partial charge in [0.15, 0.2) is 10.8 Å². The van der Waals surface area contributed by atoms with E-state index in [4.69, 9.17) is 11.6 Å². The van der Waals surface area contributed by atoms with Gasteiger partial charge in [-0.15, -0.1) is 6.58 Å². The van der Waals surface area contributed by atoms with Crippen LogP contribution in [0.15, 0.2) is 59.1 Å². The highest BCUT2D eigenvalue weighted by molar-refractivity contribution is 7.99. The molecule has 0 aliphatic heterocycles. The van der Waals surface area contributed by atoms with Crippen LogP contribution in [0, 0.1) is 6.92 Å². The maximum atomic E-state index is 12.7. The fourth-order valence-corrected chi connectivity index (χ4v) is 3.54. The lowest BCUT2D eigenvalue weighted by Crippen LogP contribution is -2.24. The van der Waals surface area contributed by atoms with Gasteiger partial charge in [0.2, 0.25) is 5.91 Å². The second-order valence-electron chi connectivity index (χ2n) is 5.77. The summed E-state index contributed by atoms with van der Waals surface area (Å²) in [7, 11) is 0. The second-order valence-corrected chi connectivity index (χ2v) is 7.15. The van der Waals surface area contributed by atoms with Crippen LogP contribution in [0.1, 0.15) is 5.56 Å². The maximum absolute atomic E-state index is 12.7. The average Bonchev–Trinajstić information content (AvgIpc) is 2.65. The van der Waals surface area contributed by atoms with E-state index >= 15 is 0 Å². The molecule has 0 fully saturated rings. The summed E-state index contributed by atoms with van der Waals surface area (Å²) in [5.41, 5.74) is 1.72. The van der Waals surface area contributed by atoms with Gasteiger partial charge in [-0.25, -0.2) is 9.97 Å². The van der Waals surface area contributed by atoms with E-state index in [1.165, 1.54) is 16.3 Å². The van der Waals surface area contributed by atoms with Crippen molar-refractivity contribution in [1.29, 1.82) is 0 Å². The number of halogens is 1. The third kappa shape index (κ3) is 4.37. The number of hydrogen-bond donors (Lipinski definition) is 1. The Morgan fingerprint density at radius 2 is 2.22 bits per heavy atom. The van der Waals surface area contributed by atoms with E-state index in [9.17, 15) is 9.59 Å². The van der Waals surface area contributed by atoms with E-state index in [0.717, 1.165) is 5.56 Å². The number of allylic oxidation sites excluding steroid dienone is 1. The van der Waals surface area contributed by atoms with Crippen LogP contribution in [0.2, 0.25) is 5.02 Å². The van der Waals surface area contributed by atoms with E-state index in [-0.39, 0.29) is 17.2 Å². The molecule has 1 aromatic carbocycles. The van der Waals surface area contributed by atoms with E-state index in [1.807, 2.05) is 6.92 Å². The summed E-state index contributed by atoms with van der Waals surface area (Å²) in [6.45, 7) is 5.85. The molecule has 2 aromatic heterocycles. The van der Waals surface area contributed by atoms with Gasteiger partial charge in [0.1, 0.15) is 0 Å². The van der Waals surface area contributed by atoms with Gasteiger partial charge in [-0.2, -0.15) is 0 Å². The number of aromatic nitrogens is 3. The average molecular weight is 401 g/mol. The SMILES string of the molecule is C=CCn1c(SCC(=O)Nc2ccc(Cl)cc2C)nc2ncccc2c1=O. The Labute approximate surface area is 165 Å². The summed E-state index contributed by atoms with van der Waals surface area (Å²) < 4.78 is 1.49. The van der Waals surface area contributed by atoms with Crippen molar-refractivity contribution in [1.82, 2.24) is 14.5 Å². The Hall–Kier alpha value is -2.64. The summed E-state index contributed by atoms with van der Waals surface area (Å²) >= 11 is 7.11. The lowest BCUT2D eigenvalue weighted by atomic mass is 10.2. The highest BCUT2D eigenvalue weighted by Crippen LogP contribution is 2.21. The molecular formula is C19H17ClN4O2S. The van der Waals surface area contributed by atoms with Crippen LogP contribution in [-0.2, 0) is 11.3 Å². The number of benzene rings is 1. The molecule has 0 unspecified atom stereocenters. The largest absolute Gasteiger partial charge is 0.325 e. The number of carbonyl (C=O) groups is 1. The standard InChI is InChI=1S/C19H17ClN4O2S/c1-3-9-24-18(26)14-5-4-8-21-17(14)23-19(24)27-11-16(25)22-15-7-6-13(20)10-12(15)2/h3-8,10H,1,9,11H2,2H3,(H,22,25). The van der Waals surface area contributed by atoms with Crippen molar-refractivity contribution in [3.8, 4) is 0 Å². The molecule has 0 bridgehead atoms. The molecule has 1 amide bonds. The van der Waals surface area contributed by atoms with Gasteiger partial charge in [0.05, 0.1) is 11.1 Å². The van der Waals surface area contributed by atoms with Gasteiger partial charge in [-0.3, -0.25) is 14.2 Å². The van der Waals surface area contributed by atoms with Crippen molar-refractivity contribution in [2.24, 2.45) is 0 Å². The zero-order valence-electron chi connectivity index (χ0n) is 14.6. The van der Waals surface area contributed by atoms with Crippen LogP contribution >= 0.6 is 23.4 Å². The topological polar surface area (TPSA) is 76.9 Å². The number of rotatable bonds is 6. The third-order valence-electron chi connectivity index (χ3n) is 3.80. The van der Waals surface area contributed by atoms with Gasteiger partial charge in [0.25, 0.3) is 5.56 Å². The Morgan fingerprint density at radius 3 is 2.96 bits per heavy atom. The highest BCUT2D eigenvalue weighted by atomic mass is 35.5. The Balaban J connectivity index is 1.81. The van der Waals surface area contributed by atoms with E-state index < -0.39 is 0 Å². The van der Waals surface area contributed by atoms with Gasteiger partial charge in [0, 0.05) is 23.5 Å². The molecule has 0 spiro atoms. The number of hydrogen-bond acceptors (Lipinski definition) is 5. The molecule has 0 atom stereocenters. The molecule has 0 radical (unpaired) electrons. The third-order valence-corrected chi connectivity index (χ3v) is 5.01. The fourth-order valence-electron chi connectivity index (χ4n) is 2.52. The summed E-state index contributed by atoms with van der Waals surface area (Å²) in [4.78, 5) is 33.6. The lowest BCUT2D eigenvalue weighted by molar-refractivity contribution is -0.113. The highest BCUT2D eigenvalue weighted by Gasteiger charge is 2.13. The number of pyridine rings is 1. The minimum Gasteiger partial charge on any atom is -0.325 e. The van der Waals surface area contributed by atoms with Crippen LogP contribution in [-0.4, -0.2) is 26.2 Å². The number of anilines is 1. The van der Waals surface area contributed by atoms with Crippen LogP contribution < -0.4 is 10.9 Å². The van der Waals surface area contributed by atoms with Crippen molar-refractivity contribution in [2.45, 2.75) is 18.6 Å². The van der Waals surface area contributed by atoms with E-state index in [2.05, 4.69) is 21.9 Å². The monoisotopic (exact) mass is 400 g/mol. The zero-order chi connectivity index (χ0) is 19.4. The van der Waals surface area contributed by atoms with Crippen molar-refractivity contribution in [3.63, 3.8) is 0 Å². The van der Waals surface area contributed by atoms with E-state index in [1.54, 1.807) is 42.6 Å². The molecule has 6 nitrogen and oxygen atoms in total. The Bertz CT molecular complexity index is 1080. The fraction of sp³-hybridized carbons (Fsp3) is 0.158. The van der Waals surface area contributed by atoms with Gasteiger partial charge >= 0.3 is 0 Å². The number of nitrogens with one attached hydrogen (secondary N) is 1. The second kappa shape index (κ2) is 8.37. The molecule has 3 aromatic rings. The molecule has 2 heterocycles. The smallest absolute Gasteiger partial charge is 0.263 e. The molecule has 3 rings (SSSR count). The number of nitrogens with zero attached hydrogens (tertiary/aromatic N) is 3. The van der Waals surface area contributed by atoms with Crippen molar-refractivity contribution < 1.29 is 4.79 Å². The van der Waals surface area contributed by atoms with E-state index in [0.29, 0.717) is 33.4 Å². The van der Waals surface area contributed by atoms with Crippen LogP contribution in [0.3, 0.4) is 0 Å². The number of aryl methyl sites for hydroxylation is 1.